The van der Waals surface area contributed by atoms with Gasteiger partial charge in [0, 0.05) is 60.5 Å². The molecule has 6 nitrogen and oxygen atoms in total. The summed E-state index contributed by atoms with van der Waals surface area (Å²) in [4.78, 5) is 43.1. The number of carbonyl (C=O) groups excluding carboxylic acids is 3. The van der Waals surface area contributed by atoms with Gasteiger partial charge in [-0.15, -0.1) is 12.4 Å². The predicted molar refractivity (Wildman–Crippen MR) is 154 cm³/mol. The Labute approximate surface area is 238 Å². The number of rotatable bonds is 7. The van der Waals surface area contributed by atoms with Crippen LogP contribution in [0.1, 0.15) is 55.0 Å². The van der Waals surface area contributed by atoms with Gasteiger partial charge in [-0.3, -0.25) is 19.3 Å². The number of carbonyl (C=O) groups is 3. The number of amides is 1. The highest BCUT2D eigenvalue weighted by Crippen LogP contribution is 2.33. The second-order valence-electron chi connectivity index (χ2n) is 9.33. The molecule has 0 radical (unpaired) electrons. The number of benzene rings is 3. The van der Waals surface area contributed by atoms with Gasteiger partial charge in [-0.05, 0) is 49.7 Å². The minimum absolute atomic E-state index is 0. The van der Waals surface area contributed by atoms with E-state index in [0.717, 1.165) is 51.3 Å². The average molecular weight is 573 g/mol. The molecule has 1 aliphatic carbocycles. The number of nitrogens with zero attached hydrogens (tertiary/aromatic N) is 2. The molecule has 2 aliphatic rings. The van der Waals surface area contributed by atoms with E-state index in [9.17, 15) is 14.4 Å². The maximum absolute atomic E-state index is 12.9. The molecule has 38 heavy (non-hydrogen) atoms. The van der Waals surface area contributed by atoms with Crippen LogP contribution in [0.25, 0.3) is 0 Å². The van der Waals surface area contributed by atoms with Gasteiger partial charge in [-0.1, -0.05) is 53.5 Å². The molecule has 1 aliphatic heterocycles. The standard InChI is InChI=1S/C29H27Cl2N3O3.ClH/c30-24-8-5-9-25(26(24)31)34-16-14-33(15-17-34)13-4-3-12-32-29(37)19-10-11-22-23(18-19)28(36)21-7-2-1-6-20(21)27(22)35;/h1-2,5-11,18H,3-4,12-17H2,(H,32,37);1H. The van der Waals surface area contributed by atoms with Crippen molar-refractivity contribution in [1.29, 1.82) is 0 Å². The Hall–Kier alpha value is -2.90. The Morgan fingerprint density at radius 1 is 0.789 bits per heavy atom. The van der Waals surface area contributed by atoms with Gasteiger partial charge in [0.25, 0.3) is 5.91 Å². The lowest BCUT2D eigenvalue weighted by atomic mass is 9.83. The highest BCUT2D eigenvalue weighted by molar-refractivity contribution is 6.43. The lowest BCUT2D eigenvalue weighted by Gasteiger charge is -2.36. The molecule has 198 valence electrons. The van der Waals surface area contributed by atoms with Gasteiger partial charge in [0.2, 0.25) is 0 Å². The minimum atomic E-state index is -0.242. The lowest BCUT2D eigenvalue weighted by Crippen LogP contribution is -2.46. The number of halogens is 3. The van der Waals surface area contributed by atoms with Gasteiger partial charge in [-0.25, -0.2) is 0 Å². The van der Waals surface area contributed by atoms with Gasteiger partial charge in [-0.2, -0.15) is 0 Å². The maximum atomic E-state index is 12.9. The Morgan fingerprint density at radius 2 is 1.45 bits per heavy atom. The number of anilines is 1. The second kappa shape index (κ2) is 12.3. The van der Waals surface area contributed by atoms with Crippen molar-refractivity contribution in [2.24, 2.45) is 0 Å². The van der Waals surface area contributed by atoms with Crippen LogP contribution in [0.15, 0.2) is 60.7 Å². The molecule has 1 heterocycles. The zero-order valence-corrected chi connectivity index (χ0v) is 23.0. The fraction of sp³-hybridized carbons (Fsp3) is 0.276. The topological polar surface area (TPSA) is 69.7 Å². The van der Waals surface area contributed by atoms with E-state index in [1.165, 1.54) is 6.07 Å². The number of hydrogen-bond acceptors (Lipinski definition) is 5. The summed E-state index contributed by atoms with van der Waals surface area (Å²) in [5.74, 6) is -0.653. The molecule has 3 aromatic rings. The molecule has 0 spiro atoms. The maximum Gasteiger partial charge on any atom is 0.251 e. The van der Waals surface area contributed by atoms with Crippen molar-refractivity contribution >= 4 is 58.8 Å². The molecule has 0 saturated carbocycles. The lowest BCUT2D eigenvalue weighted by molar-refractivity contribution is 0.0950. The minimum Gasteiger partial charge on any atom is -0.368 e. The van der Waals surface area contributed by atoms with E-state index in [1.807, 2.05) is 12.1 Å². The number of nitrogens with one attached hydrogen (secondary N) is 1. The van der Waals surface area contributed by atoms with Crippen molar-refractivity contribution in [3.63, 3.8) is 0 Å². The summed E-state index contributed by atoms with van der Waals surface area (Å²) < 4.78 is 0. The first kappa shape index (κ1) is 28.1. The quantitative estimate of drug-likeness (QED) is 0.295. The van der Waals surface area contributed by atoms with Crippen molar-refractivity contribution in [2.45, 2.75) is 12.8 Å². The van der Waals surface area contributed by atoms with Gasteiger partial charge in [0.1, 0.15) is 0 Å². The molecule has 1 N–H and O–H groups in total. The van der Waals surface area contributed by atoms with E-state index in [-0.39, 0.29) is 35.4 Å². The summed E-state index contributed by atoms with van der Waals surface area (Å²) in [5, 5.41) is 4.12. The Balaban J connectivity index is 0.00000336. The first-order valence-electron chi connectivity index (χ1n) is 12.5. The van der Waals surface area contributed by atoms with Crippen LogP contribution in [-0.4, -0.2) is 61.6 Å². The number of unbranched alkanes of at least 4 members (excludes halogenated alkanes) is 1. The highest BCUT2D eigenvalue weighted by Gasteiger charge is 2.30. The monoisotopic (exact) mass is 571 g/mol. The molecule has 1 fully saturated rings. The average Bonchev–Trinajstić information content (AvgIpc) is 2.93. The van der Waals surface area contributed by atoms with E-state index >= 15 is 0 Å². The molecule has 3 aromatic carbocycles. The molecule has 0 atom stereocenters. The van der Waals surface area contributed by atoms with Crippen LogP contribution in [0.5, 0.6) is 0 Å². The fourth-order valence-electron chi connectivity index (χ4n) is 4.95. The van der Waals surface area contributed by atoms with Crippen molar-refractivity contribution in [3.05, 3.63) is 98.5 Å². The summed E-state index contributed by atoms with van der Waals surface area (Å²) >= 11 is 12.5. The summed E-state index contributed by atoms with van der Waals surface area (Å²) in [5.41, 5.74) is 2.79. The molecular formula is C29H28Cl3N3O3. The summed E-state index contributed by atoms with van der Waals surface area (Å²) in [6.07, 6.45) is 1.81. The molecule has 0 aromatic heterocycles. The summed E-state index contributed by atoms with van der Waals surface area (Å²) in [7, 11) is 0. The van der Waals surface area contributed by atoms with Gasteiger partial charge < -0.3 is 10.2 Å². The highest BCUT2D eigenvalue weighted by atomic mass is 35.5. The van der Waals surface area contributed by atoms with E-state index in [1.54, 1.807) is 42.5 Å². The normalized spacial score (nSPS) is 14.9. The smallest absolute Gasteiger partial charge is 0.251 e. The van der Waals surface area contributed by atoms with E-state index in [0.29, 0.717) is 38.8 Å². The third-order valence-electron chi connectivity index (χ3n) is 7.02. The molecule has 1 saturated heterocycles. The molecule has 0 bridgehead atoms. The van der Waals surface area contributed by atoms with Crippen LogP contribution >= 0.6 is 35.6 Å². The number of piperazine rings is 1. The predicted octanol–water partition coefficient (Wildman–Crippen LogP) is 5.52. The molecule has 1 amide bonds. The Kier molecular flexibility index (Phi) is 9.11. The molecule has 0 unspecified atom stereocenters. The van der Waals surface area contributed by atoms with Crippen LogP contribution < -0.4 is 10.2 Å². The third kappa shape index (κ3) is 5.74. The zero-order chi connectivity index (χ0) is 25.9. The van der Waals surface area contributed by atoms with Crippen LogP contribution in [-0.2, 0) is 0 Å². The Bertz CT molecular complexity index is 1370. The SMILES string of the molecule is Cl.O=C(NCCCCN1CCN(c2cccc(Cl)c2Cl)CC1)c1ccc2c(c1)C(=O)c1ccccc1C2=O. The molecular weight excluding hydrogens is 545 g/mol. The van der Waals surface area contributed by atoms with Crippen molar-refractivity contribution in [1.82, 2.24) is 10.2 Å². The third-order valence-corrected chi connectivity index (χ3v) is 7.83. The van der Waals surface area contributed by atoms with Crippen LogP contribution in [0.3, 0.4) is 0 Å². The van der Waals surface area contributed by atoms with Gasteiger partial charge in [0.15, 0.2) is 11.6 Å². The van der Waals surface area contributed by atoms with Crippen LogP contribution in [0.4, 0.5) is 5.69 Å². The second-order valence-corrected chi connectivity index (χ2v) is 10.1. The van der Waals surface area contributed by atoms with Gasteiger partial charge in [0.05, 0.1) is 15.7 Å². The zero-order valence-electron chi connectivity index (χ0n) is 20.7. The summed E-state index contributed by atoms with van der Waals surface area (Å²) in [6.45, 7) is 5.17. The van der Waals surface area contributed by atoms with Gasteiger partial charge >= 0.3 is 0 Å². The Morgan fingerprint density at radius 3 is 2.16 bits per heavy atom. The van der Waals surface area contributed by atoms with Crippen molar-refractivity contribution in [3.8, 4) is 0 Å². The number of fused-ring (bicyclic) bond motifs is 2. The van der Waals surface area contributed by atoms with E-state index in [2.05, 4.69) is 15.1 Å². The number of hydrogen-bond donors (Lipinski definition) is 1. The first-order chi connectivity index (χ1) is 17.9. The summed E-state index contributed by atoms with van der Waals surface area (Å²) in [6, 6.07) is 17.2. The molecule has 5 rings (SSSR count). The van der Waals surface area contributed by atoms with E-state index < -0.39 is 0 Å². The largest absolute Gasteiger partial charge is 0.368 e. The molecule has 9 heteroatoms. The van der Waals surface area contributed by atoms with E-state index in [4.69, 9.17) is 23.2 Å². The van der Waals surface area contributed by atoms with Crippen molar-refractivity contribution in [2.75, 3.05) is 44.2 Å². The fourth-order valence-corrected chi connectivity index (χ4v) is 5.37. The van der Waals surface area contributed by atoms with Crippen LogP contribution in [0.2, 0.25) is 10.0 Å². The van der Waals surface area contributed by atoms with Crippen LogP contribution in [0, 0.1) is 0 Å². The number of ketones is 2. The first-order valence-corrected chi connectivity index (χ1v) is 13.2. The van der Waals surface area contributed by atoms with Crippen molar-refractivity contribution < 1.29 is 14.4 Å².